The van der Waals surface area contributed by atoms with Crippen LogP contribution < -0.4 is 10.6 Å². The van der Waals surface area contributed by atoms with Crippen LogP contribution in [0.1, 0.15) is 30.4 Å². The summed E-state index contributed by atoms with van der Waals surface area (Å²) >= 11 is 0. The van der Waals surface area contributed by atoms with Crippen LogP contribution in [0.15, 0.2) is 23.1 Å². The van der Waals surface area contributed by atoms with Crippen molar-refractivity contribution < 1.29 is 13.2 Å². The molecule has 1 amide bonds. The van der Waals surface area contributed by atoms with Gasteiger partial charge in [-0.1, -0.05) is 6.07 Å². The van der Waals surface area contributed by atoms with Crippen LogP contribution in [0.3, 0.4) is 0 Å². The van der Waals surface area contributed by atoms with E-state index in [1.54, 1.807) is 10.4 Å². The minimum atomic E-state index is -3.46. The molecule has 0 bridgehead atoms. The van der Waals surface area contributed by atoms with Crippen molar-refractivity contribution in [2.24, 2.45) is 11.8 Å². The Balaban J connectivity index is 1.35. The molecule has 6 nitrogen and oxygen atoms in total. The Bertz CT molecular complexity index is 781. The summed E-state index contributed by atoms with van der Waals surface area (Å²) in [5.41, 5.74) is 2.45. The number of amides is 1. The van der Waals surface area contributed by atoms with Gasteiger partial charge in [0.25, 0.3) is 0 Å². The second kappa shape index (κ2) is 7.29. The molecule has 1 aromatic carbocycles. The average Bonchev–Trinajstić information content (AvgIpc) is 3.08. The van der Waals surface area contributed by atoms with E-state index in [4.69, 9.17) is 0 Å². The van der Waals surface area contributed by atoms with Crippen molar-refractivity contribution in [2.45, 2.75) is 37.0 Å². The minimum absolute atomic E-state index is 0.0745. The lowest BCUT2D eigenvalue weighted by molar-refractivity contribution is -0.126. The smallest absolute Gasteiger partial charge is 0.243 e. The Labute approximate surface area is 155 Å². The van der Waals surface area contributed by atoms with E-state index in [1.165, 1.54) is 11.1 Å². The van der Waals surface area contributed by atoms with E-state index in [1.807, 2.05) is 12.1 Å². The van der Waals surface area contributed by atoms with Crippen LogP contribution in [0.25, 0.3) is 0 Å². The number of nitrogens with zero attached hydrogens (tertiary/aromatic N) is 1. The molecule has 0 unspecified atom stereocenters. The molecule has 0 spiro atoms. The first kappa shape index (κ1) is 17.9. The van der Waals surface area contributed by atoms with Gasteiger partial charge in [0, 0.05) is 44.6 Å². The summed E-state index contributed by atoms with van der Waals surface area (Å²) < 4.78 is 27.4. The zero-order valence-corrected chi connectivity index (χ0v) is 15.9. The van der Waals surface area contributed by atoms with Crippen molar-refractivity contribution in [3.05, 3.63) is 29.3 Å². The molecular weight excluding hydrogens is 350 g/mol. The molecule has 26 heavy (non-hydrogen) atoms. The standard InChI is InChI=1S/C19H27N3O3S/c23-19(21-13-14-11-20-12-14)16-6-8-22(9-7-16)26(24,25)18-5-4-15-2-1-3-17(15)10-18/h4-5,10,14,16,20H,1-3,6-9,11-13H2,(H,21,23). The third-order valence-electron chi connectivity index (χ3n) is 5.96. The summed E-state index contributed by atoms with van der Waals surface area (Å²) in [6.45, 7) is 3.50. The van der Waals surface area contributed by atoms with Gasteiger partial charge in [0.1, 0.15) is 0 Å². The first-order valence-electron chi connectivity index (χ1n) is 9.64. The highest BCUT2D eigenvalue weighted by Crippen LogP contribution is 2.28. The summed E-state index contributed by atoms with van der Waals surface area (Å²) in [4.78, 5) is 12.7. The van der Waals surface area contributed by atoms with Gasteiger partial charge in [0.15, 0.2) is 0 Å². The normalized spacial score (nSPS) is 22.0. The molecule has 1 aliphatic carbocycles. The summed E-state index contributed by atoms with van der Waals surface area (Å²) in [7, 11) is -3.46. The van der Waals surface area contributed by atoms with Gasteiger partial charge in [-0.3, -0.25) is 4.79 Å². The van der Waals surface area contributed by atoms with Gasteiger partial charge in [0.2, 0.25) is 15.9 Å². The summed E-state index contributed by atoms with van der Waals surface area (Å²) in [6, 6.07) is 5.55. The fourth-order valence-electron chi connectivity index (χ4n) is 4.10. The molecule has 0 radical (unpaired) electrons. The molecule has 2 aliphatic heterocycles. The molecule has 2 N–H and O–H groups in total. The van der Waals surface area contributed by atoms with E-state index >= 15 is 0 Å². The highest BCUT2D eigenvalue weighted by atomic mass is 32.2. The lowest BCUT2D eigenvalue weighted by Gasteiger charge is -2.32. The van der Waals surface area contributed by atoms with Crippen LogP contribution >= 0.6 is 0 Å². The highest BCUT2D eigenvalue weighted by Gasteiger charge is 2.33. The van der Waals surface area contributed by atoms with Gasteiger partial charge in [-0.05, 0) is 55.4 Å². The first-order valence-corrected chi connectivity index (χ1v) is 11.1. The van der Waals surface area contributed by atoms with Gasteiger partial charge >= 0.3 is 0 Å². The topological polar surface area (TPSA) is 78.5 Å². The maximum Gasteiger partial charge on any atom is 0.243 e. The molecule has 2 saturated heterocycles. The molecule has 0 saturated carbocycles. The molecule has 3 aliphatic rings. The summed E-state index contributed by atoms with van der Waals surface area (Å²) in [6.07, 6.45) is 4.32. The Morgan fingerprint density at radius 1 is 1.15 bits per heavy atom. The highest BCUT2D eigenvalue weighted by molar-refractivity contribution is 7.89. The van der Waals surface area contributed by atoms with Crippen molar-refractivity contribution in [3.63, 3.8) is 0 Å². The third-order valence-corrected chi connectivity index (χ3v) is 7.86. The van der Waals surface area contributed by atoms with Crippen LogP contribution in [0, 0.1) is 11.8 Å². The number of benzene rings is 1. The molecule has 142 valence electrons. The second-order valence-corrected chi connectivity index (χ2v) is 9.67. The Morgan fingerprint density at radius 3 is 2.58 bits per heavy atom. The van der Waals surface area contributed by atoms with Crippen molar-refractivity contribution in [1.82, 2.24) is 14.9 Å². The van der Waals surface area contributed by atoms with Crippen LogP contribution in [-0.4, -0.2) is 51.4 Å². The van der Waals surface area contributed by atoms with Crippen LogP contribution in [0.5, 0.6) is 0 Å². The molecule has 1 aromatic rings. The molecule has 2 fully saturated rings. The number of sulfonamides is 1. The van der Waals surface area contributed by atoms with Crippen LogP contribution in [0.4, 0.5) is 0 Å². The number of hydrogen-bond donors (Lipinski definition) is 2. The van der Waals surface area contributed by atoms with Crippen molar-refractivity contribution in [1.29, 1.82) is 0 Å². The summed E-state index contributed by atoms with van der Waals surface area (Å²) in [5, 5.41) is 6.21. The lowest BCUT2D eigenvalue weighted by atomic mass is 9.96. The first-order chi connectivity index (χ1) is 12.5. The van der Waals surface area contributed by atoms with Gasteiger partial charge in [-0.25, -0.2) is 8.42 Å². The minimum Gasteiger partial charge on any atom is -0.355 e. The molecule has 7 heteroatoms. The molecule has 2 heterocycles. The monoisotopic (exact) mass is 377 g/mol. The van der Waals surface area contributed by atoms with E-state index in [2.05, 4.69) is 10.6 Å². The largest absolute Gasteiger partial charge is 0.355 e. The van der Waals surface area contributed by atoms with E-state index in [0.717, 1.165) is 38.9 Å². The Hall–Kier alpha value is -1.44. The van der Waals surface area contributed by atoms with Crippen molar-refractivity contribution >= 4 is 15.9 Å². The third kappa shape index (κ3) is 3.52. The predicted molar refractivity (Wildman–Crippen MR) is 99.3 cm³/mol. The molecule has 0 atom stereocenters. The van der Waals surface area contributed by atoms with Crippen molar-refractivity contribution in [2.75, 3.05) is 32.7 Å². The number of piperidine rings is 1. The number of fused-ring (bicyclic) bond motifs is 1. The van der Waals surface area contributed by atoms with Crippen LogP contribution in [-0.2, 0) is 27.7 Å². The van der Waals surface area contributed by atoms with Crippen molar-refractivity contribution in [3.8, 4) is 0 Å². The molecule has 0 aromatic heterocycles. The molecular formula is C19H27N3O3S. The number of hydrogen-bond acceptors (Lipinski definition) is 4. The zero-order valence-electron chi connectivity index (χ0n) is 15.0. The Kier molecular flexibility index (Phi) is 5.03. The summed E-state index contributed by atoms with van der Waals surface area (Å²) in [5.74, 6) is 0.542. The Morgan fingerprint density at radius 2 is 1.88 bits per heavy atom. The van der Waals surface area contributed by atoms with Gasteiger partial charge in [-0.15, -0.1) is 0 Å². The van der Waals surface area contributed by atoms with Gasteiger partial charge in [-0.2, -0.15) is 4.31 Å². The van der Waals surface area contributed by atoms with Gasteiger partial charge in [0.05, 0.1) is 4.90 Å². The van der Waals surface area contributed by atoms with Gasteiger partial charge < -0.3 is 10.6 Å². The van der Waals surface area contributed by atoms with E-state index in [0.29, 0.717) is 36.7 Å². The number of nitrogens with one attached hydrogen (secondary N) is 2. The SMILES string of the molecule is O=C(NCC1CNC1)C1CCN(S(=O)(=O)c2ccc3c(c2)CCC3)CC1. The maximum atomic E-state index is 12.9. The number of carbonyl (C=O) groups excluding carboxylic acids is 1. The lowest BCUT2D eigenvalue weighted by Crippen LogP contribution is -2.50. The quantitative estimate of drug-likeness (QED) is 0.800. The van der Waals surface area contributed by atoms with E-state index < -0.39 is 10.0 Å². The maximum absolute atomic E-state index is 12.9. The predicted octanol–water partition coefficient (Wildman–Crippen LogP) is 0.912. The number of rotatable bonds is 5. The van der Waals surface area contributed by atoms with E-state index in [9.17, 15) is 13.2 Å². The second-order valence-electron chi connectivity index (χ2n) is 7.73. The fraction of sp³-hybridized carbons (Fsp3) is 0.632. The van der Waals surface area contributed by atoms with E-state index in [-0.39, 0.29) is 11.8 Å². The number of aryl methyl sites for hydroxylation is 2. The molecule has 4 rings (SSSR count). The number of carbonyl (C=O) groups is 1. The van der Waals surface area contributed by atoms with Crippen LogP contribution in [0.2, 0.25) is 0 Å². The fourth-order valence-corrected chi connectivity index (χ4v) is 5.62. The average molecular weight is 378 g/mol. The zero-order chi connectivity index (χ0) is 18.1.